The first kappa shape index (κ1) is 17.5. The number of rotatable bonds is 6. The number of H-pyrrole nitrogens is 1. The number of amides is 1. The first-order valence-corrected chi connectivity index (χ1v) is 8.31. The smallest absolute Gasteiger partial charge is 0.224 e. The predicted molar refractivity (Wildman–Crippen MR) is 98.5 cm³/mol. The molecule has 1 aromatic carbocycles. The number of hydrogen-bond acceptors (Lipinski definition) is 3. The molecule has 132 valence electrons. The molecule has 0 radical (unpaired) electrons. The van der Waals surface area contributed by atoms with Crippen molar-refractivity contribution in [3.05, 3.63) is 72.5 Å². The van der Waals surface area contributed by atoms with E-state index in [9.17, 15) is 9.18 Å². The molecule has 0 saturated heterocycles. The first-order valence-electron chi connectivity index (χ1n) is 8.31. The average Bonchev–Trinajstić information content (AvgIpc) is 3.10. The topological polar surface area (TPSA) is 70.7 Å². The van der Waals surface area contributed by atoms with E-state index in [0.29, 0.717) is 34.9 Å². The summed E-state index contributed by atoms with van der Waals surface area (Å²) in [5.41, 5.74) is 2.63. The minimum atomic E-state index is -0.335. The minimum absolute atomic E-state index is 0.0915. The van der Waals surface area contributed by atoms with Crippen LogP contribution in [0.1, 0.15) is 19.2 Å². The molecule has 2 aromatic heterocycles. The number of pyridine rings is 1. The van der Waals surface area contributed by atoms with Crippen LogP contribution in [0.4, 0.5) is 4.39 Å². The molecule has 0 bridgehead atoms. The van der Waals surface area contributed by atoms with Gasteiger partial charge in [0, 0.05) is 18.2 Å². The fourth-order valence-corrected chi connectivity index (χ4v) is 2.53. The van der Waals surface area contributed by atoms with Gasteiger partial charge in [0.05, 0.1) is 23.6 Å². The summed E-state index contributed by atoms with van der Waals surface area (Å²) in [5, 5.41) is 2.81. The number of halogens is 1. The number of carbonyl (C=O) groups is 1. The van der Waals surface area contributed by atoms with E-state index in [4.69, 9.17) is 0 Å². The summed E-state index contributed by atoms with van der Waals surface area (Å²) < 4.78 is 13.6. The van der Waals surface area contributed by atoms with E-state index in [2.05, 4.69) is 20.3 Å². The summed E-state index contributed by atoms with van der Waals surface area (Å²) in [7, 11) is 0. The second-order valence-electron chi connectivity index (χ2n) is 5.68. The Morgan fingerprint density at radius 3 is 2.88 bits per heavy atom. The predicted octanol–water partition coefficient (Wildman–Crippen LogP) is 3.86. The molecule has 3 aromatic rings. The number of benzene rings is 1. The van der Waals surface area contributed by atoms with Crippen LogP contribution < -0.4 is 5.32 Å². The highest BCUT2D eigenvalue weighted by Gasteiger charge is 2.15. The van der Waals surface area contributed by atoms with Crippen LogP contribution in [0.2, 0.25) is 0 Å². The molecule has 0 aliphatic carbocycles. The Balaban J connectivity index is 1.92. The van der Waals surface area contributed by atoms with E-state index < -0.39 is 0 Å². The summed E-state index contributed by atoms with van der Waals surface area (Å²) in [4.78, 5) is 23.9. The number of aromatic amines is 1. The summed E-state index contributed by atoms with van der Waals surface area (Å²) in [6, 6.07) is 11.8. The van der Waals surface area contributed by atoms with Gasteiger partial charge in [0.1, 0.15) is 11.6 Å². The van der Waals surface area contributed by atoms with Crippen molar-refractivity contribution in [2.45, 2.75) is 19.9 Å². The zero-order valence-corrected chi connectivity index (χ0v) is 14.4. The standard InChI is InChI=1S/C20H19FN4O/c1-2-3-10-18(26)23-13-17-24-19(14-7-6-8-15(21)12-14)20(25-17)16-9-4-5-11-22-16/h2-9,11-12H,10,13H2,1H3,(H,23,26)(H,24,25). The summed E-state index contributed by atoms with van der Waals surface area (Å²) in [6.45, 7) is 2.12. The molecule has 3 rings (SSSR count). The van der Waals surface area contributed by atoms with Gasteiger partial charge in [-0.1, -0.05) is 30.4 Å². The molecule has 2 N–H and O–H groups in total. The zero-order chi connectivity index (χ0) is 18.4. The Morgan fingerprint density at radius 1 is 1.27 bits per heavy atom. The van der Waals surface area contributed by atoms with E-state index in [1.54, 1.807) is 24.4 Å². The first-order chi connectivity index (χ1) is 12.7. The Labute approximate surface area is 151 Å². The molecule has 6 heteroatoms. The van der Waals surface area contributed by atoms with Crippen molar-refractivity contribution < 1.29 is 9.18 Å². The molecule has 0 fully saturated rings. The van der Waals surface area contributed by atoms with E-state index >= 15 is 0 Å². The molecule has 0 atom stereocenters. The van der Waals surface area contributed by atoms with Gasteiger partial charge in [0.15, 0.2) is 0 Å². The van der Waals surface area contributed by atoms with Gasteiger partial charge >= 0.3 is 0 Å². The lowest BCUT2D eigenvalue weighted by Gasteiger charge is -2.02. The number of imidazole rings is 1. The fraction of sp³-hybridized carbons (Fsp3) is 0.150. The van der Waals surface area contributed by atoms with E-state index in [1.807, 2.05) is 31.2 Å². The van der Waals surface area contributed by atoms with Gasteiger partial charge in [-0.25, -0.2) is 9.37 Å². The molecule has 0 unspecified atom stereocenters. The van der Waals surface area contributed by atoms with E-state index in [1.165, 1.54) is 12.1 Å². The van der Waals surface area contributed by atoms with Crippen LogP contribution in [0.15, 0.2) is 60.8 Å². The normalized spacial score (nSPS) is 11.0. The molecule has 0 aliphatic heterocycles. The molecule has 2 heterocycles. The highest BCUT2D eigenvalue weighted by Crippen LogP contribution is 2.29. The largest absolute Gasteiger partial charge is 0.349 e. The lowest BCUT2D eigenvalue weighted by Crippen LogP contribution is -2.22. The van der Waals surface area contributed by atoms with Gasteiger partial charge in [-0.05, 0) is 31.2 Å². The maximum atomic E-state index is 13.6. The lowest BCUT2D eigenvalue weighted by molar-refractivity contribution is -0.120. The van der Waals surface area contributed by atoms with Crippen molar-refractivity contribution in [3.63, 3.8) is 0 Å². The van der Waals surface area contributed by atoms with Crippen LogP contribution in [-0.2, 0) is 11.3 Å². The summed E-state index contributed by atoms with van der Waals surface area (Å²) >= 11 is 0. The van der Waals surface area contributed by atoms with Gasteiger partial charge in [-0.15, -0.1) is 0 Å². The SMILES string of the molecule is CC=CCC(=O)NCc1nc(-c2cccc(F)c2)c(-c2ccccn2)[nH]1. The maximum Gasteiger partial charge on any atom is 0.224 e. The van der Waals surface area contributed by atoms with Crippen molar-refractivity contribution in [1.29, 1.82) is 0 Å². The Bertz CT molecular complexity index is 919. The summed E-state index contributed by atoms with van der Waals surface area (Å²) in [5.74, 6) is 0.156. The number of hydrogen-bond donors (Lipinski definition) is 2. The van der Waals surface area contributed by atoms with Crippen LogP contribution in [0.25, 0.3) is 22.6 Å². The number of nitrogens with one attached hydrogen (secondary N) is 2. The van der Waals surface area contributed by atoms with Crippen LogP contribution in [-0.4, -0.2) is 20.9 Å². The number of aromatic nitrogens is 3. The minimum Gasteiger partial charge on any atom is -0.349 e. The monoisotopic (exact) mass is 350 g/mol. The quantitative estimate of drug-likeness (QED) is 0.663. The molecular weight excluding hydrogens is 331 g/mol. The van der Waals surface area contributed by atoms with Crippen LogP contribution in [0.3, 0.4) is 0 Å². The van der Waals surface area contributed by atoms with Gasteiger partial charge < -0.3 is 10.3 Å². The lowest BCUT2D eigenvalue weighted by atomic mass is 10.1. The van der Waals surface area contributed by atoms with Crippen LogP contribution >= 0.6 is 0 Å². The molecule has 0 aliphatic rings. The fourth-order valence-electron chi connectivity index (χ4n) is 2.53. The van der Waals surface area contributed by atoms with Gasteiger partial charge in [0.2, 0.25) is 5.91 Å². The van der Waals surface area contributed by atoms with Gasteiger partial charge in [-0.2, -0.15) is 0 Å². The third-order valence-electron chi connectivity index (χ3n) is 3.76. The summed E-state index contributed by atoms with van der Waals surface area (Å²) in [6.07, 6.45) is 5.62. The third-order valence-corrected chi connectivity index (χ3v) is 3.76. The Morgan fingerprint density at radius 2 is 2.15 bits per heavy atom. The Kier molecular flexibility index (Phi) is 5.53. The van der Waals surface area contributed by atoms with Crippen molar-refractivity contribution in [2.24, 2.45) is 0 Å². The number of nitrogens with zero attached hydrogens (tertiary/aromatic N) is 2. The van der Waals surface area contributed by atoms with Gasteiger partial charge in [0.25, 0.3) is 0 Å². The van der Waals surface area contributed by atoms with E-state index in [-0.39, 0.29) is 18.3 Å². The second kappa shape index (κ2) is 8.20. The maximum absolute atomic E-state index is 13.6. The van der Waals surface area contributed by atoms with Crippen molar-refractivity contribution >= 4 is 5.91 Å². The van der Waals surface area contributed by atoms with Crippen LogP contribution in [0.5, 0.6) is 0 Å². The van der Waals surface area contributed by atoms with Gasteiger partial charge in [-0.3, -0.25) is 9.78 Å². The second-order valence-corrected chi connectivity index (χ2v) is 5.68. The molecule has 0 spiro atoms. The molecule has 0 saturated carbocycles. The van der Waals surface area contributed by atoms with Crippen molar-refractivity contribution in [2.75, 3.05) is 0 Å². The van der Waals surface area contributed by atoms with Crippen LogP contribution in [0, 0.1) is 5.82 Å². The highest BCUT2D eigenvalue weighted by molar-refractivity contribution is 5.78. The van der Waals surface area contributed by atoms with E-state index in [0.717, 1.165) is 0 Å². The number of carbonyl (C=O) groups excluding carboxylic acids is 1. The molecule has 5 nitrogen and oxygen atoms in total. The molecule has 26 heavy (non-hydrogen) atoms. The Hall–Kier alpha value is -3.28. The average molecular weight is 350 g/mol. The van der Waals surface area contributed by atoms with Crippen molar-refractivity contribution in [1.82, 2.24) is 20.3 Å². The number of allylic oxidation sites excluding steroid dienone is 1. The third kappa shape index (κ3) is 4.22. The highest BCUT2D eigenvalue weighted by atomic mass is 19.1. The molecule has 1 amide bonds. The van der Waals surface area contributed by atoms with Crippen molar-refractivity contribution in [3.8, 4) is 22.6 Å². The molecular formula is C20H19FN4O. The zero-order valence-electron chi connectivity index (χ0n) is 14.4.